The van der Waals surface area contributed by atoms with E-state index in [1.165, 1.54) is 0 Å². The molecule has 1 aliphatic heterocycles. The van der Waals surface area contributed by atoms with Gasteiger partial charge in [-0.15, -0.1) is 0 Å². The number of nitrogens with two attached hydrogens (primary N) is 1. The Morgan fingerprint density at radius 1 is 0.806 bits per heavy atom. The number of primary amides is 1. The topological polar surface area (TPSA) is 63.4 Å². The maximum atomic E-state index is 12.2. The van der Waals surface area contributed by atoms with Crippen LogP contribution in [0.4, 0.5) is 0 Å². The molecule has 169 valence electrons. The van der Waals surface area contributed by atoms with Gasteiger partial charge >= 0.3 is 0 Å². The first-order valence-corrected chi connectivity index (χ1v) is 11.5. The van der Waals surface area contributed by atoms with Crippen LogP contribution >= 0.6 is 0 Å². The molecule has 0 aromatic rings. The summed E-state index contributed by atoms with van der Waals surface area (Å²) in [5, 5.41) is 0. The number of carbonyl (C=O) groups excluding carboxylic acids is 2. The van der Waals surface area contributed by atoms with E-state index in [4.69, 9.17) is 5.73 Å². The number of hydrogen-bond donors (Lipinski definition) is 1. The van der Waals surface area contributed by atoms with Gasteiger partial charge in [-0.1, -0.05) is 79.8 Å². The number of nitrogens with zero attached hydrogens (tertiary/aromatic N) is 1. The molecule has 0 spiro atoms. The fourth-order valence-corrected chi connectivity index (χ4v) is 3.18. The van der Waals surface area contributed by atoms with Gasteiger partial charge in [0.15, 0.2) is 0 Å². The van der Waals surface area contributed by atoms with Gasteiger partial charge in [0.25, 0.3) is 0 Å². The number of amides is 2. The number of likely N-dealkylation sites (tertiary alicyclic amines) is 1. The third-order valence-electron chi connectivity index (χ3n) is 4.83. The van der Waals surface area contributed by atoms with E-state index in [1.807, 2.05) is 12.5 Å². The number of rotatable bonds is 15. The molecule has 0 aliphatic carbocycles. The molecule has 1 radical (unpaired) electrons. The zero-order valence-electron chi connectivity index (χ0n) is 19.0. The molecule has 1 heterocycles. The van der Waals surface area contributed by atoms with Crippen molar-refractivity contribution in [1.82, 2.24) is 4.90 Å². The van der Waals surface area contributed by atoms with Gasteiger partial charge in [0.2, 0.25) is 11.8 Å². The standard InChI is InChI=1S/C27H39N2O2/c1-2-3-4-5-6-7-8-9-10-11-12-13-14-15-16-17-18-19-20-23-26(30)29-24-21-22-25(29)27(28)31/h3-4,6-7,9-10,12-13,15-16,18-19,22,25H,2,5,8,11,14,17,20-21,23-24H2,1H3,(H2,28,31)/b4-3-,7-6-,10-9-,13-12-,16-15-,19-18-/t25-/m0/s1. The highest BCUT2D eigenvalue weighted by atomic mass is 16.2. The van der Waals surface area contributed by atoms with Crippen molar-refractivity contribution in [3.05, 3.63) is 79.3 Å². The van der Waals surface area contributed by atoms with Crippen LogP contribution in [0.5, 0.6) is 0 Å². The van der Waals surface area contributed by atoms with E-state index in [9.17, 15) is 9.59 Å². The molecule has 0 saturated carbocycles. The molecule has 31 heavy (non-hydrogen) atoms. The summed E-state index contributed by atoms with van der Waals surface area (Å²) in [5.74, 6) is -0.447. The van der Waals surface area contributed by atoms with Gasteiger partial charge in [0.05, 0.1) is 0 Å². The molecule has 2 amide bonds. The Morgan fingerprint density at radius 2 is 1.26 bits per heavy atom. The Bertz CT molecular complexity index is 683. The summed E-state index contributed by atoms with van der Waals surface area (Å²) < 4.78 is 0. The van der Waals surface area contributed by atoms with Crippen LogP contribution in [-0.4, -0.2) is 29.3 Å². The van der Waals surface area contributed by atoms with Crippen LogP contribution in [0.25, 0.3) is 0 Å². The minimum Gasteiger partial charge on any atom is -0.368 e. The monoisotopic (exact) mass is 423 g/mol. The molecule has 1 saturated heterocycles. The normalized spacial score (nSPS) is 17.7. The average molecular weight is 424 g/mol. The summed E-state index contributed by atoms with van der Waals surface area (Å²) in [6.07, 6.45) is 35.5. The second-order valence-electron chi connectivity index (χ2n) is 7.41. The predicted octanol–water partition coefficient (Wildman–Crippen LogP) is 5.75. The molecular formula is C27H39N2O2. The van der Waals surface area contributed by atoms with E-state index in [2.05, 4.69) is 73.8 Å². The van der Waals surface area contributed by atoms with Crippen LogP contribution in [-0.2, 0) is 9.59 Å². The van der Waals surface area contributed by atoms with Crippen LogP contribution in [0.2, 0.25) is 0 Å². The summed E-state index contributed by atoms with van der Waals surface area (Å²) >= 11 is 0. The van der Waals surface area contributed by atoms with Crippen molar-refractivity contribution >= 4 is 11.8 Å². The SMILES string of the molecule is CC/C=C\C/C=C\C/C=C\C/C=C\C/C=C\C/C=C\CCC(=O)N1CC[CH][C@H]1C(N)=O. The predicted molar refractivity (Wildman–Crippen MR) is 131 cm³/mol. The van der Waals surface area contributed by atoms with Gasteiger partial charge in [-0.25, -0.2) is 0 Å². The molecule has 0 aromatic heterocycles. The van der Waals surface area contributed by atoms with Gasteiger partial charge in [-0.3, -0.25) is 9.59 Å². The van der Waals surface area contributed by atoms with E-state index in [0.29, 0.717) is 19.4 Å². The second-order valence-corrected chi connectivity index (χ2v) is 7.41. The number of carbonyl (C=O) groups is 2. The van der Waals surface area contributed by atoms with Crippen LogP contribution in [0.1, 0.15) is 64.7 Å². The van der Waals surface area contributed by atoms with Crippen molar-refractivity contribution in [2.24, 2.45) is 5.73 Å². The Kier molecular flexibility index (Phi) is 15.5. The maximum absolute atomic E-state index is 12.2. The molecular weight excluding hydrogens is 384 g/mol. The van der Waals surface area contributed by atoms with Gasteiger partial charge in [-0.05, 0) is 57.8 Å². The minimum atomic E-state index is -0.530. The Balaban J connectivity index is 2.03. The molecule has 1 rings (SSSR count). The fourth-order valence-electron chi connectivity index (χ4n) is 3.18. The van der Waals surface area contributed by atoms with Crippen LogP contribution in [0, 0.1) is 6.42 Å². The van der Waals surface area contributed by atoms with Crippen molar-refractivity contribution in [1.29, 1.82) is 0 Å². The summed E-state index contributed by atoms with van der Waals surface area (Å²) in [5.41, 5.74) is 5.33. The lowest BCUT2D eigenvalue weighted by atomic mass is 10.2. The van der Waals surface area contributed by atoms with Crippen molar-refractivity contribution in [3.8, 4) is 0 Å². The average Bonchev–Trinajstić information content (AvgIpc) is 3.26. The van der Waals surface area contributed by atoms with Crippen molar-refractivity contribution in [2.75, 3.05) is 6.54 Å². The zero-order chi connectivity index (χ0) is 22.6. The van der Waals surface area contributed by atoms with Crippen molar-refractivity contribution < 1.29 is 9.59 Å². The van der Waals surface area contributed by atoms with E-state index < -0.39 is 11.9 Å². The molecule has 0 bridgehead atoms. The molecule has 4 nitrogen and oxygen atoms in total. The molecule has 2 N–H and O–H groups in total. The maximum Gasteiger partial charge on any atom is 0.240 e. The summed E-state index contributed by atoms with van der Waals surface area (Å²) in [6, 6.07) is -0.530. The smallest absolute Gasteiger partial charge is 0.240 e. The third kappa shape index (κ3) is 13.3. The molecule has 0 unspecified atom stereocenters. The Hall–Kier alpha value is -2.62. The van der Waals surface area contributed by atoms with Crippen molar-refractivity contribution in [2.45, 2.75) is 70.8 Å². The summed E-state index contributed by atoms with van der Waals surface area (Å²) in [7, 11) is 0. The highest BCUT2D eigenvalue weighted by Crippen LogP contribution is 2.17. The Labute approximate surface area is 189 Å². The lowest BCUT2D eigenvalue weighted by molar-refractivity contribution is -0.136. The molecule has 1 aliphatic rings. The highest BCUT2D eigenvalue weighted by molar-refractivity contribution is 5.88. The van der Waals surface area contributed by atoms with E-state index in [-0.39, 0.29) is 5.91 Å². The van der Waals surface area contributed by atoms with Gasteiger partial charge in [0, 0.05) is 13.0 Å². The zero-order valence-corrected chi connectivity index (χ0v) is 19.0. The van der Waals surface area contributed by atoms with Gasteiger partial charge < -0.3 is 10.6 Å². The van der Waals surface area contributed by atoms with Gasteiger partial charge in [-0.2, -0.15) is 0 Å². The lowest BCUT2D eigenvalue weighted by Gasteiger charge is -2.21. The van der Waals surface area contributed by atoms with E-state index in [0.717, 1.165) is 44.9 Å². The number of allylic oxidation sites excluding steroid dienone is 12. The highest BCUT2D eigenvalue weighted by Gasteiger charge is 2.32. The molecule has 1 atom stereocenters. The minimum absolute atomic E-state index is 0.00270. The van der Waals surface area contributed by atoms with Gasteiger partial charge in [0.1, 0.15) is 6.04 Å². The summed E-state index contributed by atoms with van der Waals surface area (Å²) in [6.45, 7) is 2.74. The third-order valence-corrected chi connectivity index (χ3v) is 4.83. The summed E-state index contributed by atoms with van der Waals surface area (Å²) in [4.78, 5) is 25.1. The quantitative estimate of drug-likeness (QED) is 0.341. The lowest BCUT2D eigenvalue weighted by Crippen LogP contribution is -2.43. The first kappa shape index (κ1) is 26.4. The second kappa shape index (κ2) is 18.2. The van der Waals surface area contributed by atoms with Crippen molar-refractivity contribution in [3.63, 3.8) is 0 Å². The number of hydrogen-bond acceptors (Lipinski definition) is 2. The Morgan fingerprint density at radius 3 is 1.71 bits per heavy atom. The fraction of sp³-hybridized carbons (Fsp3) is 0.444. The van der Waals surface area contributed by atoms with Crippen LogP contribution in [0.3, 0.4) is 0 Å². The first-order valence-electron chi connectivity index (χ1n) is 11.5. The first-order chi connectivity index (χ1) is 15.2. The van der Waals surface area contributed by atoms with E-state index in [1.54, 1.807) is 4.90 Å². The molecule has 0 aromatic carbocycles. The van der Waals surface area contributed by atoms with E-state index >= 15 is 0 Å². The van der Waals surface area contributed by atoms with Crippen LogP contribution in [0.15, 0.2) is 72.9 Å². The largest absolute Gasteiger partial charge is 0.368 e. The molecule has 1 fully saturated rings. The van der Waals surface area contributed by atoms with Crippen LogP contribution < -0.4 is 5.73 Å². The molecule has 4 heteroatoms.